The minimum Gasteiger partial charge on any atom is -0.326 e. The van der Waals surface area contributed by atoms with Crippen molar-refractivity contribution in [2.75, 3.05) is 0 Å². The van der Waals surface area contributed by atoms with E-state index in [9.17, 15) is 0 Å². The van der Waals surface area contributed by atoms with Gasteiger partial charge in [-0.1, -0.05) is 52.8 Å². The fraction of sp³-hybridized carbons (Fsp3) is 0.333. The van der Waals surface area contributed by atoms with Crippen molar-refractivity contribution in [2.45, 2.75) is 36.7 Å². The lowest BCUT2D eigenvalue weighted by atomic mass is 10.0. The molecule has 0 saturated carbocycles. The summed E-state index contributed by atoms with van der Waals surface area (Å²) < 4.78 is 1.08. The van der Waals surface area contributed by atoms with Crippen LogP contribution < -0.4 is 5.73 Å². The Morgan fingerprint density at radius 1 is 1.25 bits per heavy atom. The van der Waals surface area contributed by atoms with Crippen LogP contribution in [-0.4, -0.2) is 16.0 Å². The number of aryl methyl sites for hydroxylation is 1. The lowest BCUT2D eigenvalue weighted by molar-refractivity contribution is 0.631. The van der Waals surface area contributed by atoms with Crippen LogP contribution in [0.5, 0.6) is 0 Å². The second-order valence-corrected chi connectivity index (χ2v) is 6.64. The van der Waals surface area contributed by atoms with Gasteiger partial charge < -0.3 is 5.73 Å². The third kappa shape index (κ3) is 3.81. The van der Waals surface area contributed by atoms with Gasteiger partial charge in [0, 0.05) is 22.9 Å². The van der Waals surface area contributed by atoms with E-state index in [0.29, 0.717) is 0 Å². The molecule has 5 heteroatoms. The molecule has 0 saturated heterocycles. The smallest absolute Gasteiger partial charge is 0.188 e. The topological polar surface area (TPSA) is 51.8 Å². The van der Waals surface area contributed by atoms with Gasteiger partial charge in [0.05, 0.1) is 5.25 Å². The Kier molecular flexibility index (Phi) is 5.57. The molecule has 106 valence electrons. The predicted octanol–water partition coefficient (Wildman–Crippen LogP) is 4.12. The van der Waals surface area contributed by atoms with Crippen LogP contribution >= 0.6 is 27.7 Å². The highest BCUT2D eigenvalue weighted by molar-refractivity contribution is 9.10. The molecule has 0 aliphatic heterocycles. The molecule has 0 spiro atoms. The van der Waals surface area contributed by atoms with E-state index in [4.69, 9.17) is 5.73 Å². The summed E-state index contributed by atoms with van der Waals surface area (Å²) >= 11 is 5.23. The first kappa shape index (κ1) is 15.5. The van der Waals surface area contributed by atoms with Crippen molar-refractivity contribution < 1.29 is 0 Å². The summed E-state index contributed by atoms with van der Waals surface area (Å²) in [5.41, 5.74) is 8.55. The van der Waals surface area contributed by atoms with Crippen LogP contribution in [0.15, 0.2) is 46.3 Å². The Morgan fingerprint density at radius 3 is 2.50 bits per heavy atom. The number of rotatable bonds is 5. The van der Waals surface area contributed by atoms with Crippen molar-refractivity contribution in [3.63, 3.8) is 0 Å². The highest BCUT2D eigenvalue weighted by atomic mass is 79.9. The molecular formula is C15H18BrN3S. The summed E-state index contributed by atoms with van der Waals surface area (Å²) in [6.45, 7) is 4.09. The SMILES string of the molecule is CCC(N)C(Sc1ncc(C)cn1)c1ccccc1Br. The van der Waals surface area contributed by atoms with Gasteiger partial charge >= 0.3 is 0 Å². The number of thioether (sulfide) groups is 1. The monoisotopic (exact) mass is 351 g/mol. The van der Waals surface area contributed by atoms with E-state index in [-0.39, 0.29) is 11.3 Å². The van der Waals surface area contributed by atoms with E-state index in [1.165, 1.54) is 5.56 Å². The van der Waals surface area contributed by atoms with Crippen molar-refractivity contribution in [1.82, 2.24) is 9.97 Å². The molecule has 2 aromatic rings. The van der Waals surface area contributed by atoms with Gasteiger partial charge in [0.1, 0.15) is 0 Å². The lowest BCUT2D eigenvalue weighted by Crippen LogP contribution is -2.26. The molecule has 2 atom stereocenters. The third-order valence-corrected chi connectivity index (χ3v) is 5.06. The van der Waals surface area contributed by atoms with Crippen LogP contribution in [0.3, 0.4) is 0 Å². The second kappa shape index (κ2) is 7.20. The van der Waals surface area contributed by atoms with Gasteiger partial charge in [0.2, 0.25) is 0 Å². The Morgan fingerprint density at radius 2 is 1.90 bits per heavy atom. The van der Waals surface area contributed by atoms with Crippen LogP contribution in [0, 0.1) is 6.92 Å². The van der Waals surface area contributed by atoms with Crippen molar-refractivity contribution in [1.29, 1.82) is 0 Å². The molecule has 2 unspecified atom stereocenters. The van der Waals surface area contributed by atoms with Crippen molar-refractivity contribution >= 4 is 27.7 Å². The van der Waals surface area contributed by atoms with Crippen LogP contribution in [0.4, 0.5) is 0 Å². The fourth-order valence-corrected chi connectivity index (χ4v) is 3.69. The molecule has 0 radical (unpaired) electrons. The first-order valence-electron chi connectivity index (χ1n) is 6.57. The Balaban J connectivity index is 2.29. The Labute approximate surface area is 132 Å². The van der Waals surface area contributed by atoms with Crippen molar-refractivity contribution in [3.05, 3.63) is 52.3 Å². The van der Waals surface area contributed by atoms with Crippen LogP contribution in [0.1, 0.15) is 29.7 Å². The van der Waals surface area contributed by atoms with E-state index in [1.807, 2.05) is 37.5 Å². The zero-order chi connectivity index (χ0) is 14.5. The van der Waals surface area contributed by atoms with Crippen LogP contribution in [0.25, 0.3) is 0 Å². The molecule has 0 aliphatic carbocycles. The summed E-state index contributed by atoms with van der Waals surface area (Å²) in [5, 5.41) is 0.901. The fourth-order valence-electron chi connectivity index (χ4n) is 1.86. The summed E-state index contributed by atoms with van der Waals surface area (Å²) in [4.78, 5) is 8.74. The maximum absolute atomic E-state index is 6.30. The van der Waals surface area contributed by atoms with Gasteiger partial charge in [-0.25, -0.2) is 9.97 Å². The van der Waals surface area contributed by atoms with Gasteiger partial charge in [-0.15, -0.1) is 0 Å². The molecule has 0 fully saturated rings. The first-order chi connectivity index (χ1) is 9.61. The molecule has 2 rings (SSSR count). The quantitative estimate of drug-likeness (QED) is 0.650. The molecule has 1 aromatic carbocycles. The van der Waals surface area contributed by atoms with Gasteiger partial charge in [0.25, 0.3) is 0 Å². The normalized spacial score (nSPS) is 14.0. The second-order valence-electron chi connectivity index (χ2n) is 4.68. The number of halogens is 1. The molecule has 1 heterocycles. The third-order valence-electron chi connectivity index (χ3n) is 3.06. The summed E-state index contributed by atoms with van der Waals surface area (Å²) in [6, 6.07) is 8.25. The minimum atomic E-state index is 0.0589. The van der Waals surface area contributed by atoms with Gasteiger partial charge in [0.15, 0.2) is 5.16 Å². The van der Waals surface area contributed by atoms with Crippen molar-refractivity contribution in [3.8, 4) is 0 Å². The molecule has 20 heavy (non-hydrogen) atoms. The zero-order valence-corrected chi connectivity index (χ0v) is 14.0. The highest BCUT2D eigenvalue weighted by Crippen LogP contribution is 2.39. The number of hydrogen-bond acceptors (Lipinski definition) is 4. The van der Waals surface area contributed by atoms with E-state index in [1.54, 1.807) is 11.8 Å². The molecule has 3 nitrogen and oxygen atoms in total. The lowest BCUT2D eigenvalue weighted by Gasteiger charge is -2.23. The van der Waals surface area contributed by atoms with Gasteiger partial charge in [-0.05, 0) is 30.5 Å². The number of nitrogens with two attached hydrogens (primary N) is 1. The molecule has 1 aromatic heterocycles. The van der Waals surface area contributed by atoms with E-state index in [2.05, 4.69) is 38.9 Å². The molecule has 2 N–H and O–H groups in total. The molecule has 0 bridgehead atoms. The summed E-state index contributed by atoms with van der Waals surface area (Å²) in [6.07, 6.45) is 4.58. The molecular weight excluding hydrogens is 334 g/mol. The largest absolute Gasteiger partial charge is 0.326 e. The summed E-state index contributed by atoms with van der Waals surface area (Å²) in [5.74, 6) is 0. The van der Waals surface area contributed by atoms with Crippen LogP contribution in [-0.2, 0) is 0 Å². The number of hydrogen-bond donors (Lipinski definition) is 1. The standard InChI is InChI=1S/C15H18BrN3S/c1-3-13(17)14(11-6-4-5-7-12(11)16)20-15-18-8-10(2)9-19-15/h4-9,13-14H,3,17H2,1-2H3. The maximum atomic E-state index is 6.30. The Hall–Kier alpha value is -0.910. The van der Waals surface area contributed by atoms with E-state index in [0.717, 1.165) is 21.6 Å². The average Bonchev–Trinajstić information content (AvgIpc) is 2.47. The Bertz CT molecular complexity index is 559. The first-order valence-corrected chi connectivity index (χ1v) is 8.24. The van der Waals surface area contributed by atoms with Crippen molar-refractivity contribution in [2.24, 2.45) is 5.73 Å². The average molecular weight is 352 g/mol. The maximum Gasteiger partial charge on any atom is 0.188 e. The van der Waals surface area contributed by atoms with E-state index >= 15 is 0 Å². The summed E-state index contributed by atoms with van der Waals surface area (Å²) in [7, 11) is 0. The molecule has 0 amide bonds. The number of aromatic nitrogens is 2. The van der Waals surface area contributed by atoms with Gasteiger partial charge in [-0.3, -0.25) is 0 Å². The number of nitrogens with zero attached hydrogens (tertiary/aromatic N) is 2. The number of benzene rings is 1. The predicted molar refractivity (Wildman–Crippen MR) is 87.8 cm³/mol. The zero-order valence-electron chi connectivity index (χ0n) is 11.6. The van der Waals surface area contributed by atoms with Gasteiger partial charge in [-0.2, -0.15) is 0 Å². The highest BCUT2D eigenvalue weighted by Gasteiger charge is 2.23. The van der Waals surface area contributed by atoms with E-state index < -0.39 is 0 Å². The minimum absolute atomic E-state index is 0.0589. The van der Waals surface area contributed by atoms with Crippen LogP contribution in [0.2, 0.25) is 0 Å². The molecule has 0 aliphatic rings.